The molecule has 1 aromatic carbocycles. The van der Waals surface area contributed by atoms with Crippen molar-refractivity contribution in [2.45, 2.75) is 44.7 Å². The number of aryl methyl sites for hydroxylation is 1. The lowest BCUT2D eigenvalue weighted by Gasteiger charge is -2.50. The maximum absolute atomic E-state index is 5.31. The number of benzene rings is 1. The number of ether oxygens (including phenoxy) is 1. The molecule has 0 bridgehead atoms. The van der Waals surface area contributed by atoms with Crippen LogP contribution in [0.5, 0.6) is 5.75 Å². The number of hydrogen-bond donors (Lipinski definition) is 1. The molecule has 4 rings (SSSR count). The number of nitrogens with one attached hydrogen (secondary N) is 1. The molecule has 4 atom stereocenters. The Hall–Kier alpha value is -1.87. The van der Waals surface area contributed by atoms with Crippen molar-refractivity contribution in [2.24, 2.45) is 11.8 Å². The number of hydrogen-bond acceptors (Lipinski definition) is 3. The number of rotatable bonds is 5. The summed E-state index contributed by atoms with van der Waals surface area (Å²) < 4.78 is 5.31. The van der Waals surface area contributed by atoms with Gasteiger partial charge in [-0.3, -0.25) is 4.98 Å². The average molecular weight is 322 g/mol. The van der Waals surface area contributed by atoms with Crippen LogP contribution in [0.2, 0.25) is 0 Å². The minimum atomic E-state index is 0.596. The lowest BCUT2D eigenvalue weighted by molar-refractivity contribution is 0.0940. The number of aromatic nitrogens is 1. The van der Waals surface area contributed by atoms with Gasteiger partial charge in [0.05, 0.1) is 7.11 Å². The second-order valence-electron chi connectivity index (χ2n) is 7.27. The predicted molar refractivity (Wildman–Crippen MR) is 96.2 cm³/mol. The molecule has 1 heterocycles. The van der Waals surface area contributed by atoms with Gasteiger partial charge in [0, 0.05) is 30.9 Å². The molecule has 1 aromatic heterocycles. The number of nitrogens with zero attached hydrogens (tertiary/aromatic N) is 1. The topological polar surface area (TPSA) is 34.1 Å². The summed E-state index contributed by atoms with van der Waals surface area (Å²) in [6.45, 7) is 3.08. The van der Waals surface area contributed by atoms with Crippen molar-refractivity contribution in [3.63, 3.8) is 0 Å². The Balaban J connectivity index is 1.50. The molecule has 0 saturated heterocycles. The van der Waals surface area contributed by atoms with Crippen LogP contribution in [-0.4, -0.2) is 18.1 Å². The first-order valence-electron chi connectivity index (χ1n) is 9.05. The lowest BCUT2D eigenvalue weighted by Crippen LogP contribution is -2.54. The monoisotopic (exact) mass is 322 g/mol. The van der Waals surface area contributed by atoms with Gasteiger partial charge in [-0.2, -0.15) is 0 Å². The van der Waals surface area contributed by atoms with Crippen LogP contribution in [0.4, 0.5) is 0 Å². The molecule has 3 heteroatoms. The molecule has 24 heavy (non-hydrogen) atoms. The summed E-state index contributed by atoms with van der Waals surface area (Å²) in [6.07, 6.45) is 7.99. The molecule has 0 unspecified atom stereocenters. The van der Waals surface area contributed by atoms with Gasteiger partial charge in [0.15, 0.2) is 0 Å². The first-order valence-corrected chi connectivity index (χ1v) is 9.05. The maximum atomic E-state index is 5.31. The van der Waals surface area contributed by atoms with Gasteiger partial charge in [0.1, 0.15) is 5.75 Å². The molecular weight excluding hydrogens is 296 g/mol. The SMILES string of the molecule is COc1ccc([C@@H]2[C@H]3CCC[C@@H]3[C@H]2NCc2ccncc2C)cc1. The van der Waals surface area contributed by atoms with E-state index in [0.717, 1.165) is 24.1 Å². The van der Waals surface area contributed by atoms with Gasteiger partial charge in [-0.15, -0.1) is 0 Å². The van der Waals surface area contributed by atoms with Crippen LogP contribution in [0.3, 0.4) is 0 Å². The Labute approximate surface area is 144 Å². The molecule has 2 aliphatic carbocycles. The molecule has 126 valence electrons. The quantitative estimate of drug-likeness (QED) is 0.901. The molecular formula is C21H26N2O. The van der Waals surface area contributed by atoms with Gasteiger partial charge < -0.3 is 10.1 Å². The van der Waals surface area contributed by atoms with Crippen molar-refractivity contribution < 1.29 is 4.74 Å². The van der Waals surface area contributed by atoms with E-state index in [0.29, 0.717) is 12.0 Å². The minimum absolute atomic E-state index is 0.596. The van der Waals surface area contributed by atoms with E-state index in [2.05, 4.69) is 47.6 Å². The van der Waals surface area contributed by atoms with Gasteiger partial charge in [0.2, 0.25) is 0 Å². The highest BCUT2D eigenvalue weighted by atomic mass is 16.5. The van der Waals surface area contributed by atoms with Crippen LogP contribution >= 0.6 is 0 Å². The van der Waals surface area contributed by atoms with Gasteiger partial charge in [0.25, 0.3) is 0 Å². The summed E-state index contributed by atoms with van der Waals surface area (Å²) >= 11 is 0. The van der Waals surface area contributed by atoms with Crippen molar-refractivity contribution in [3.05, 3.63) is 59.4 Å². The molecule has 3 nitrogen and oxygen atoms in total. The van der Waals surface area contributed by atoms with Gasteiger partial charge >= 0.3 is 0 Å². The molecule has 2 fully saturated rings. The van der Waals surface area contributed by atoms with Crippen LogP contribution < -0.4 is 10.1 Å². The molecule has 0 amide bonds. The molecule has 0 radical (unpaired) electrons. The predicted octanol–water partition coefficient (Wildman–Crippen LogP) is 4.07. The van der Waals surface area contributed by atoms with Crippen molar-refractivity contribution in [1.29, 1.82) is 0 Å². The third kappa shape index (κ3) is 2.71. The van der Waals surface area contributed by atoms with E-state index in [1.807, 2.05) is 12.4 Å². The highest BCUT2D eigenvalue weighted by molar-refractivity contribution is 5.34. The number of methoxy groups -OCH3 is 1. The fourth-order valence-electron chi connectivity index (χ4n) is 4.78. The maximum Gasteiger partial charge on any atom is 0.118 e. The van der Waals surface area contributed by atoms with E-state index in [9.17, 15) is 0 Å². The van der Waals surface area contributed by atoms with Crippen LogP contribution in [0.25, 0.3) is 0 Å². The van der Waals surface area contributed by atoms with Crippen molar-refractivity contribution in [2.75, 3.05) is 7.11 Å². The summed E-state index contributed by atoms with van der Waals surface area (Å²) in [5.74, 6) is 3.29. The average Bonchev–Trinajstić information content (AvgIpc) is 3.01. The molecule has 0 spiro atoms. The summed E-state index contributed by atoms with van der Waals surface area (Å²) in [5.41, 5.74) is 4.09. The fourth-order valence-corrected chi connectivity index (χ4v) is 4.78. The van der Waals surface area contributed by atoms with Crippen LogP contribution in [0, 0.1) is 18.8 Å². The number of fused-ring (bicyclic) bond motifs is 1. The summed E-state index contributed by atoms with van der Waals surface area (Å²) in [7, 11) is 1.73. The third-order valence-electron chi connectivity index (χ3n) is 6.10. The highest BCUT2D eigenvalue weighted by Gasteiger charge is 2.52. The largest absolute Gasteiger partial charge is 0.497 e. The molecule has 0 aliphatic heterocycles. The van der Waals surface area contributed by atoms with Gasteiger partial charge in [-0.05, 0) is 66.5 Å². The van der Waals surface area contributed by atoms with Crippen molar-refractivity contribution >= 4 is 0 Å². The Morgan fingerprint density at radius 1 is 1.12 bits per heavy atom. The summed E-state index contributed by atoms with van der Waals surface area (Å²) in [5, 5.41) is 3.87. The number of pyridine rings is 1. The fraction of sp³-hybridized carbons (Fsp3) is 0.476. The molecule has 2 aliphatic rings. The first-order chi connectivity index (χ1) is 11.8. The van der Waals surface area contributed by atoms with Gasteiger partial charge in [-0.25, -0.2) is 0 Å². The normalized spacial score (nSPS) is 28.2. The molecule has 1 N–H and O–H groups in total. The second-order valence-corrected chi connectivity index (χ2v) is 7.27. The Morgan fingerprint density at radius 2 is 1.92 bits per heavy atom. The second kappa shape index (κ2) is 6.56. The Bertz CT molecular complexity index is 697. The molecule has 2 saturated carbocycles. The Morgan fingerprint density at radius 3 is 2.67 bits per heavy atom. The van der Waals surface area contributed by atoms with Crippen LogP contribution in [0.15, 0.2) is 42.7 Å². The smallest absolute Gasteiger partial charge is 0.118 e. The Kier molecular flexibility index (Phi) is 4.28. The summed E-state index contributed by atoms with van der Waals surface area (Å²) in [4.78, 5) is 4.20. The van der Waals surface area contributed by atoms with E-state index in [1.165, 1.54) is 36.0 Å². The highest BCUT2D eigenvalue weighted by Crippen LogP contribution is 2.56. The van der Waals surface area contributed by atoms with Crippen molar-refractivity contribution in [3.8, 4) is 5.75 Å². The summed E-state index contributed by atoms with van der Waals surface area (Å²) in [6, 6.07) is 11.4. The zero-order valence-corrected chi connectivity index (χ0v) is 14.5. The standard InChI is InChI=1S/C21H26N2O/c1-14-12-22-11-10-16(14)13-23-21-19-5-3-4-18(19)20(21)15-6-8-17(24-2)9-7-15/h6-12,18-21,23H,3-5,13H2,1-2H3/t18-,19-,20+,21+/m0/s1. The van der Waals surface area contributed by atoms with Crippen LogP contribution in [0.1, 0.15) is 41.9 Å². The van der Waals surface area contributed by atoms with E-state index in [4.69, 9.17) is 4.74 Å². The van der Waals surface area contributed by atoms with Crippen molar-refractivity contribution in [1.82, 2.24) is 10.3 Å². The van der Waals surface area contributed by atoms with E-state index < -0.39 is 0 Å². The zero-order chi connectivity index (χ0) is 16.5. The van der Waals surface area contributed by atoms with Gasteiger partial charge in [-0.1, -0.05) is 18.6 Å². The zero-order valence-electron chi connectivity index (χ0n) is 14.5. The third-order valence-corrected chi connectivity index (χ3v) is 6.10. The minimum Gasteiger partial charge on any atom is -0.497 e. The van der Waals surface area contributed by atoms with Crippen LogP contribution in [-0.2, 0) is 6.54 Å². The lowest BCUT2D eigenvalue weighted by atomic mass is 9.60. The van der Waals surface area contributed by atoms with E-state index >= 15 is 0 Å². The first kappa shape index (κ1) is 15.6. The molecule has 2 aromatic rings. The van der Waals surface area contributed by atoms with E-state index in [-0.39, 0.29) is 0 Å². The van der Waals surface area contributed by atoms with E-state index in [1.54, 1.807) is 7.11 Å².